The van der Waals surface area contributed by atoms with Crippen molar-refractivity contribution in [1.82, 2.24) is 9.88 Å². The van der Waals surface area contributed by atoms with Crippen LogP contribution in [0.25, 0.3) is 0 Å². The summed E-state index contributed by atoms with van der Waals surface area (Å²) < 4.78 is 10.3. The van der Waals surface area contributed by atoms with E-state index in [1.165, 1.54) is 13.2 Å². The van der Waals surface area contributed by atoms with Crippen molar-refractivity contribution >= 4 is 40.5 Å². The smallest absolute Gasteiger partial charge is 0.341 e. The normalized spacial score (nSPS) is 12.6. The van der Waals surface area contributed by atoms with Crippen LogP contribution in [0, 0.1) is 5.41 Å². The number of esters is 1. The Morgan fingerprint density at radius 1 is 1.20 bits per heavy atom. The molecule has 1 aromatic heterocycles. The maximum Gasteiger partial charge on any atom is 0.341 e. The first-order valence-corrected chi connectivity index (χ1v) is 10.9. The lowest BCUT2D eigenvalue weighted by Crippen LogP contribution is -2.31. The summed E-state index contributed by atoms with van der Waals surface area (Å²) in [6.07, 6.45) is 0.752. The van der Waals surface area contributed by atoms with Crippen molar-refractivity contribution in [2.24, 2.45) is 0 Å². The standard InChI is InChI=1S/C25H29N3O6.BrH/c1-6-16-8-7-14-11-28(23(26)21(14)27-16)12-19(29)15-9-17(24(32)33-5)22(34-13-20(30)31)18(10-15)25(2,3)4;/h7-10,26H,6,11-13H2,1-5H3,(H,30,31);1H. The van der Waals surface area contributed by atoms with Crippen molar-refractivity contribution in [3.05, 3.63) is 57.9 Å². The number of aryl methyl sites for hydroxylation is 1. The SMILES string of the molecule is Br.CCc1ccc2c(n1)C(=N)N(CC(=O)c1cc(C(=O)OC)c(OCC(=O)O)c(C(C)(C)C)c1)C2. The summed E-state index contributed by atoms with van der Waals surface area (Å²) >= 11 is 0. The molecule has 2 aromatic rings. The number of halogens is 1. The fraction of sp³-hybridized carbons (Fsp3) is 0.400. The number of carboxylic acids is 1. The molecule has 0 unspecified atom stereocenters. The fourth-order valence-corrected chi connectivity index (χ4v) is 3.79. The van der Waals surface area contributed by atoms with Gasteiger partial charge in [0.15, 0.2) is 12.4 Å². The van der Waals surface area contributed by atoms with Crippen LogP contribution in [0.4, 0.5) is 0 Å². The maximum atomic E-state index is 13.3. The van der Waals surface area contributed by atoms with Gasteiger partial charge in [-0.25, -0.2) is 14.6 Å². The number of hydrogen-bond acceptors (Lipinski definition) is 7. The third-order valence-electron chi connectivity index (χ3n) is 5.60. The molecule has 2 N–H and O–H groups in total. The monoisotopic (exact) mass is 547 g/mol. The number of ketones is 1. The fourth-order valence-electron chi connectivity index (χ4n) is 3.79. The summed E-state index contributed by atoms with van der Waals surface area (Å²) in [6, 6.07) is 6.83. The molecule has 0 saturated heterocycles. The van der Waals surface area contributed by atoms with E-state index in [1.807, 2.05) is 39.8 Å². The van der Waals surface area contributed by atoms with Gasteiger partial charge >= 0.3 is 11.9 Å². The Balaban J connectivity index is 0.00000432. The van der Waals surface area contributed by atoms with Gasteiger partial charge in [-0.15, -0.1) is 17.0 Å². The number of fused-ring (bicyclic) bond motifs is 1. The molecular weight excluding hydrogens is 518 g/mol. The molecule has 0 atom stereocenters. The second-order valence-electron chi connectivity index (χ2n) is 9.12. The van der Waals surface area contributed by atoms with Gasteiger partial charge in [0.25, 0.3) is 0 Å². The van der Waals surface area contributed by atoms with E-state index in [4.69, 9.17) is 20.0 Å². The van der Waals surface area contributed by atoms with E-state index in [0.29, 0.717) is 17.8 Å². The summed E-state index contributed by atoms with van der Waals surface area (Å²) in [7, 11) is 1.20. The molecule has 0 fully saturated rings. The third-order valence-corrected chi connectivity index (χ3v) is 5.60. The van der Waals surface area contributed by atoms with E-state index < -0.39 is 24.0 Å². The van der Waals surface area contributed by atoms with Crippen LogP contribution in [0.5, 0.6) is 5.75 Å². The largest absolute Gasteiger partial charge is 0.481 e. The van der Waals surface area contributed by atoms with E-state index in [-0.39, 0.29) is 52.0 Å². The van der Waals surface area contributed by atoms with Crippen LogP contribution < -0.4 is 4.74 Å². The van der Waals surface area contributed by atoms with Crippen LogP contribution in [0.15, 0.2) is 24.3 Å². The molecule has 3 rings (SSSR count). The van der Waals surface area contributed by atoms with Crippen molar-refractivity contribution in [1.29, 1.82) is 5.41 Å². The Kier molecular flexibility index (Phi) is 8.78. The molecule has 0 radical (unpaired) electrons. The molecule has 0 bridgehead atoms. The number of Topliss-reactive ketones (excluding diaryl/α,β-unsaturated/α-hetero) is 1. The molecule has 0 amide bonds. The van der Waals surface area contributed by atoms with E-state index in [9.17, 15) is 14.4 Å². The molecule has 1 aromatic carbocycles. The number of nitrogens with zero attached hydrogens (tertiary/aromatic N) is 2. The van der Waals surface area contributed by atoms with Gasteiger partial charge in [0.1, 0.15) is 22.8 Å². The van der Waals surface area contributed by atoms with Gasteiger partial charge in [0, 0.05) is 28.9 Å². The van der Waals surface area contributed by atoms with Crippen molar-refractivity contribution < 1.29 is 29.0 Å². The summed E-state index contributed by atoms with van der Waals surface area (Å²) in [6.45, 7) is 7.28. The second kappa shape index (κ2) is 11.0. The number of carbonyl (C=O) groups excluding carboxylic acids is 2. The van der Waals surface area contributed by atoms with Gasteiger partial charge < -0.3 is 19.5 Å². The van der Waals surface area contributed by atoms with Gasteiger partial charge in [0.05, 0.1) is 13.7 Å². The van der Waals surface area contributed by atoms with Crippen LogP contribution >= 0.6 is 17.0 Å². The topological polar surface area (TPSA) is 130 Å². The number of aliphatic carboxylic acids is 1. The summed E-state index contributed by atoms with van der Waals surface area (Å²) in [5, 5.41) is 17.6. The first-order valence-electron chi connectivity index (χ1n) is 10.9. The van der Waals surface area contributed by atoms with Gasteiger partial charge in [0.2, 0.25) is 0 Å². The van der Waals surface area contributed by atoms with Crippen LogP contribution in [0.3, 0.4) is 0 Å². The Morgan fingerprint density at radius 3 is 2.46 bits per heavy atom. The Morgan fingerprint density at radius 2 is 1.89 bits per heavy atom. The zero-order valence-corrected chi connectivity index (χ0v) is 22.1. The molecule has 188 valence electrons. The number of ether oxygens (including phenoxy) is 2. The van der Waals surface area contributed by atoms with Crippen LogP contribution in [-0.4, -0.2) is 58.8 Å². The number of pyridine rings is 1. The highest BCUT2D eigenvalue weighted by Crippen LogP contribution is 2.36. The minimum Gasteiger partial charge on any atom is -0.481 e. The number of methoxy groups -OCH3 is 1. The predicted octanol–water partition coefficient (Wildman–Crippen LogP) is 3.79. The Labute approximate surface area is 214 Å². The van der Waals surface area contributed by atoms with Crippen molar-refractivity contribution in [2.75, 3.05) is 20.3 Å². The Bertz CT molecular complexity index is 1170. The number of benzene rings is 1. The molecule has 0 saturated carbocycles. The van der Waals surface area contributed by atoms with Gasteiger partial charge in [-0.3, -0.25) is 10.2 Å². The summed E-state index contributed by atoms with van der Waals surface area (Å²) in [4.78, 5) is 43.1. The molecule has 2 heterocycles. The minimum absolute atomic E-state index is 0. The number of hydrogen-bond donors (Lipinski definition) is 2. The van der Waals surface area contributed by atoms with Crippen LogP contribution in [0.2, 0.25) is 0 Å². The molecule has 1 aliphatic heterocycles. The summed E-state index contributed by atoms with van der Waals surface area (Å²) in [5.74, 6) is -1.96. The molecule has 1 aliphatic rings. The minimum atomic E-state index is -1.19. The zero-order chi connectivity index (χ0) is 25.2. The number of amidine groups is 1. The van der Waals surface area contributed by atoms with E-state index in [2.05, 4.69) is 4.98 Å². The highest BCUT2D eigenvalue weighted by atomic mass is 79.9. The molecular formula is C25H30BrN3O6. The lowest BCUT2D eigenvalue weighted by molar-refractivity contribution is -0.139. The Hall–Kier alpha value is -3.27. The zero-order valence-electron chi connectivity index (χ0n) is 20.4. The quantitative estimate of drug-likeness (QED) is 0.377. The average Bonchev–Trinajstić information content (AvgIpc) is 3.10. The summed E-state index contributed by atoms with van der Waals surface area (Å²) in [5.41, 5.74) is 2.52. The number of nitrogens with one attached hydrogen (secondary N) is 1. The van der Waals surface area contributed by atoms with E-state index in [1.54, 1.807) is 11.0 Å². The van der Waals surface area contributed by atoms with Crippen molar-refractivity contribution in [3.63, 3.8) is 0 Å². The molecule has 10 heteroatoms. The van der Waals surface area contributed by atoms with E-state index in [0.717, 1.165) is 17.7 Å². The highest BCUT2D eigenvalue weighted by molar-refractivity contribution is 8.93. The molecule has 9 nitrogen and oxygen atoms in total. The number of rotatable bonds is 8. The lowest BCUT2D eigenvalue weighted by Gasteiger charge is -2.25. The molecule has 0 aliphatic carbocycles. The third kappa shape index (κ3) is 6.05. The number of aromatic nitrogens is 1. The van der Waals surface area contributed by atoms with Gasteiger partial charge in [-0.05, 0) is 30.0 Å². The second-order valence-corrected chi connectivity index (χ2v) is 9.12. The average molecular weight is 548 g/mol. The van der Waals surface area contributed by atoms with Crippen molar-refractivity contribution in [3.8, 4) is 5.75 Å². The maximum absolute atomic E-state index is 13.3. The van der Waals surface area contributed by atoms with Crippen LogP contribution in [-0.2, 0) is 27.9 Å². The predicted molar refractivity (Wildman–Crippen MR) is 135 cm³/mol. The lowest BCUT2D eigenvalue weighted by atomic mass is 9.83. The van der Waals surface area contributed by atoms with Gasteiger partial charge in [-0.2, -0.15) is 0 Å². The van der Waals surface area contributed by atoms with Crippen molar-refractivity contribution in [2.45, 2.75) is 46.1 Å². The van der Waals surface area contributed by atoms with E-state index >= 15 is 0 Å². The molecule has 35 heavy (non-hydrogen) atoms. The first kappa shape index (κ1) is 28.0. The first-order chi connectivity index (χ1) is 16.0. The highest BCUT2D eigenvalue weighted by Gasteiger charge is 2.31. The van der Waals surface area contributed by atoms with Crippen LogP contribution in [0.1, 0.15) is 70.9 Å². The number of carbonyl (C=O) groups is 3. The number of carboxylic acid groups (broad SMARTS) is 1. The molecule has 0 spiro atoms. The van der Waals surface area contributed by atoms with Gasteiger partial charge in [-0.1, -0.05) is 33.8 Å².